The van der Waals surface area contributed by atoms with E-state index in [1.165, 1.54) is 48.4 Å². The highest BCUT2D eigenvalue weighted by Gasteiger charge is 2.04. The van der Waals surface area contributed by atoms with Gasteiger partial charge in [0.15, 0.2) is 0 Å². The summed E-state index contributed by atoms with van der Waals surface area (Å²) in [6.07, 6.45) is 10.5. The number of nitrogens with one attached hydrogen (secondary N) is 1. The van der Waals surface area contributed by atoms with E-state index in [1.54, 1.807) is 0 Å². The first-order chi connectivity index (χ1) is 9.81. The van der Waals surface area contributed by atoms with Gasteiger partial charge in [0.1, 0.15) is 0 Å². The second kappa shape index (κ2) is 8.01. The third-order valence-corrected chi connectivity index (χ3v) is 3.90. The number of hydrogen-bond donors (Lipinski definition) is 1. The van der Waals surface area contributed by atoms with Gasteiger partial charge in [-0.15, -0.1) is 0 Å². The molecule has 2 rings (SSSR count). The van der Waals surface area contributed by atoms with Gasteiger partial charge in [-0.1, -0.05) is 50.8 Å². The number of rotatable bonds is 8. The molecule has 0 aliphatic heterocycles. The fraction of sp³-hybridized carbons (Fsp3) is 0.500. The standard InChI is InChI=1S/C18H26N2/c1-3-4-5-6-8-15(2)20-14-17-10-7-9-16-13-19-12-11-18(16)17/h7,9-13,15,20H,3-6,8,14H2,1-2H3. The molecule has 0 aliphatic rings. The summed E-state index contributed by atoms with van der Waals surface area (Å²) < 4.78 is 0. The van der Waals surface area contributed by atoms with Gasteiger partial charge < -0.3 is 5.32 Å². The predicted octanol–water partition coefficient (Wildman–Crippen LogP) is 4.68. The van der Waals surface area contributed by atoms with Crippen LogP contribution in [-0.4, -0.2) is 11.0 Å². The number of hydrogen-bond acceptors (Lipinski definition) is 2. The van der Waals surface area contributed by atoms with Crippen molar-refractivity contribution in [2.45, 2.75) is 58.5 Å². The molecule has 2 heteroatoms. The Morgan fingerprint density at radius 1 is 1.15 bits per heavy atom. The van der Waals surface area contributed by atoms with Crippen LogP contribution in [0.5, 0.6) is 0 Å². The molecule has 1 unspecified atom stereocenters. The minimum atomic E-state index is 0.587. The monoisotopic (exact) mass is 270 g/mol. The van der Waals surface area contributed by atoms with E-state index < -0.39 is 0 Å². The summed E-state index contributed by atoms with van der Waals surface area (Å²) in [6.45, 7) is 5.49. The molecule has 20 heavy (non-hydrogen) atoms. The van der Waals surface area contributed by atoms with Gasteiger partial charge in [-0.2, -0.15) is 0 Å². The van der Waals surface area contributed by atoms with Crippen molar-refractivity contribution < 1.29 is 0 Å². The first-order valence-electron chi connectivity index (χ1n) is 7.86. The highest BCUT2D eigenvalue weighted by atomic mass is 14.9. The quantitative estimate of drug-likeness (QED) is 0.704. The number of pyridine rings is 1. The first kappa shape index (κ1) is 15.0. The van der Waals surface area contributed by atoms with Gasteiger partial charge in [-0.05, 0) is 30.4 Å². The molecule has 2 aromatic rings. The number of fused-ring (bicyclic) bond motifs is 1. The summed E-state index contributed by atoms with van der Waals surface area (Å²) in [5.41, 5.74) is 1.37. The molecule has 0 spiro atoms. The van der Waals surface area contributed by atoms with Crippen molar-refractivity contribution in [1.29, 1.82) is 0 Å². The summed E-state index contributed by atoms with van der Waals surface area (Å²) in [6, 6.07) is 9.15. The maximum atomic E-state index is 4.19. The van der Waals surface area contributed by atoms with Gasteiger partial charge in [0, 0.05) is 30.4 Å². The Morgan fingerprint density at radius 3 is 2.90 bits per heavy atom. The van der Waals surface area contributed by atoms with Gasteiger partial charge in [-0.25, -0.2) is 0 Å². The summed E-state index contributed by atoms with van der Waals surface area (Å²) in [4.78, 5) is 4.19. The van der Waals surface area contributed by atoms with Crippen molar-refractivity contribution in [3.8, 4) is 0 Å². The van der Waals surface area contributed by atoms with Crippen molar-refractivity contribution in [1.82, 2.24) is 10.3 Å². The average molecular weight is 270 g/mol. The van der Waals surface area contributed by atoms with Crippen LogP contribution in [0.2, 0.25) is 0 Å². The van der Waals surface area contributed by atoms with Crippen LogP contribution >= 0.6 is 0 Å². The molecule has 1 N–H and O–H groups in total. The zero-order valence-corrected chi connectivity index (χ0v) is 12.7. The van der Waals surface area contributed by atoms with E-state index in [-0.39, 0.29) is 0 Å². The third-order valence-electron chi connectivity index (χ3n) is 3.90. The van der Waals surface area contributed by atoms with Crippen molar-refractivity contribution in [3.05, 3.63) is 42.2 Å². The number of aromatic nitrogens is 1. The van der Waals surface area contributed by atoms with E-state index in [9.17, 15) is 0 Å². The van der Waals surface area contributed by atoms with E-state index >= 15 is 0 Å². The second-order valence-corrected chi connectivity index (χ2v) is 5.65. The molecule has 0 aliphatic carbocycles. The van der Waals surface area contributed by atoms with Gasteiger partial charge >= 0.3 is 0 Å². The summed E-state index contributed by atoms with van der Waals surface area (Å²) in [5, 5.41) is 6.19. The lowest BCUT2D eigenvalue weighted by atomic mass is 10.1. The highest BCUT2D eigenvalue weighted by Crippen LogP contribution is 2.17. The first-order valence-corrected chi connectivity index (χ1v) is 7.86. The fourth-order valence-electron chi connectivity index (χ4n) is 2.61. The molecule has 0 saturated carbocycles. The maximum Gasteiger partial charge on any atom is 0.0346 e. The molecule has 0 bridgehead atoms. The van der Waals surface area contributed by atoms with E-state index in [0.717, 1.165) is 6.54 Å². The van der Waals surface area contributed by atoms with Gasteiger partial charge in [0.2, 0.25) is 0 Å². The van der Waals surface area contributed by atoms with Crippen LogP contribution in [0.3, 0.4) is 0 Å². The SMILES string of the molecule is CCCCCCC(C)NCc1cccc2cnccc12. The third kappa shape index (κ3) is 4.31. The van der Waals surface area contributed by atoms with Crippen molar-refractivity contribution in [3.63, 3.8) is 0 Å². The molecule has 1 heterocycles. The summed E-state index contributed by atoms with van der Waals surface area (Å²) >= 11 is 0. The lowest BCUT2D eigenvalue weighted by Gasteiger charge is -2.14. The number of unbranched alkanes of at least 4 members (excludes halogenated alkanes) is 3. The largest absolute Gasteiger partial charge is 0.310 e. The smallest absolute Gasteiger partial charge is 0.0346 e. The van der Waals surface area contributed by atoms with Crippen LogP contribution in [0.25, 0.3) is 10.8 Å². The van der Waals surface area contributed by atoms with Gasteiger partial charge in [0.05, 0.1) is 0 Å². The molecule has 0 amide bonds. The van der Waals surface area contributed by atoms with Gasteiger partial charge in [-0.3, -0.25) is 4.98 Å². The van der Waals surface area contributed by atoms with Gasteiger partial charge in [0.25, 0.3) is 0 Å². The van der Waals surface area contributed by atoms with Crippen LogP contribution in [0.1, 0.15) is 51.5 Å². The molecule has 1 aromatic heterocycles. The lowest BCUT2D eigenvalue weighted by molar-refractivity contribution is 0.483. The van der Waals surface area contributed by atoms with Crippen LogP contribution in [0, 0.1) is 0 Å². The normalized spacial score (nSPS) is 12.7. The molecule has 2 nitrogen and oxygen atoms in total. The van der Waals surface area contributed by atoms with Crippen LogP contribution < -0.4 is 5.32 Å². The van der Waals surface area contributed by atoms with Crippen molar-refractivity contribution >= 4 is 10.8 Å². The summed E-state index contributed by atoms with van der Waals surface area (Å²) in [5.74, 6) is 0. The van der Waals surface area contributed by atoms with Crippen molar-refractivity contribution in [2.24, 2.45) is 0 Å². The maximum absolute atomic E-state index is 4.19. The zero-order chi connectivity index (χ0) is 14.2. The molecule has 1 atom stereocenters. The Hall–Kier alpha value is -1.41. The molecule has 0 fully saturated rings. The Bertz CT molecular complexity index is 516. The Kier molecular flexibility index (Phi) is 6.00. The molecule has 0 radical (unpaired) electrons. The number of benzene rings is 1. The zero-order valence-electron chi connectivity index (χ0n) is 12.7. The molecule has 0 saturated heterocycles. The second-order valence-electron chi connectivity index (χ2n) is 5.65. The van der Waals surface area contributed by atoms with Crippen molar-refractivity contribution in [2.75, 3.05) is 0 Å². The topological polar surface area (TPSA) is 24.9 Å². The summed E-state index contributed by atoms with van der Waals surface area (Å²) in [7, 11) is 0. The van der Waals surface area contributed by atoms with E-state index in [0.29, 0.717) is 6.04 Å². The molecular weight excluding hydrogens is 244 g/mol. The Balaban J connectivity index is 1.86. The van der Waals surface area contributed by atoms with Crippen LogP contribution in [0.15, 0.2) is 36.7 Å². The molecular formula is C18H26N2. The van der Waals surface area contributed by atoms with E-state index in [2.05, 4.69) is 48.4 Å². The highest BCUT2D eigenvalue weighted by molar-refractivity contribution is 5.84. The van der Waals surface area contributed by atoms with E-state index in [1.807, 2.05) is 12.4 Å². The average Bonchev–Trinajstić information content (AvgIpc) is 2.49. The predicted molar refractivity (Wildman–Crippen MR) is 86.8 cm³/mol. The van der Waals surface area contributed by atoms with E-state index in [4.69, 9.17) is 0 Å². The fourth-order valence-corrected chi connectivity index (χ4v) is 2.61. The minimum Gasteiger partial charge on any atom is -0.310 e. The Morgan fingerprint density at radius 2 is 2.05 bits per heavy atom. The Labute approximate surface area is 122 Å². The lowest BCUT2D eigenvalue weighted by Crippen LogP contribution is -2.25. The molecule has 108 valence electrons. The van der Waals surface area contributed by atoms with Crippen LogP contribution in [-0.2, 0) is 6.54 Å². The van der Waals surface area contributed by atoms with Crippen LogP contribution in [0.4, 0.5) is 0 Å². The molecule has 1 aromatic carbocycles. The number of nitrogens with zero attached hydrogens (tertiary/aromatic N) is 1. The minimum absolute atomic E-state index is 0.587.